The number of hydrogen-bond acceptors (Lipinski definition) is 7. The molecule has 9 heteroatoms. The molecule has 0 aliphatic heterocycles. The lowest BCUT2D eigenvalue weighted by Gasteiger charge is -2.12. The number of methoxy groups -OCH3 is 1. The van der Waals surface area contributed by atoms with Gasteiger partial charge in [-0.05, 0) is 37.1 Å². The van der Waals surface area contributed by atoms with Gasteiger partial charge in [0.2, 0.25) is 0 Å². The van der Waals surface area contributed by atoms with E-state index >= 15 is 0 Å². The molecule has 2 aromatic carbocycles. The molecule has 0 aliphatic carbocycles. The summed E-state index contributed by atoms with van der Waals surface area (Å²) in [6.45, 7) is 3.78. The summed E-state index contributed by atoms with van der Waals surface area (Å²) in [5.74, 6) is -0.918. The Labute approximate surface area is 142 Å². The van der Waals surface area contributed by atoms with Gasteiger partial charge in [0, 0.05) is 11.8 Å². The highest BCUT2D eigenvalue weighted by molar-refractivity contribution is 6.00. The average Bonchev–Trinajstić information content (AvgIpc) is 2.57. The van der Waals surface area contributed by atoms with Crippen molar-refractivity contribution in [3.8, 4) is 0 Å². The van der Waals surface area contributed by atoms with Crippen molar-refractivity contribution in [3.05, 3.63) is 67.3 Å². The molecule has 0 saturated carbocycles. The first-order chi connectivity index (χ1) is 11.7. The molecule has 0 amide bonds. The topological polar surface area (TPSA) is 125 Å². The molecule has 130 valence electrons. The van der Waals surface area contributed by atoms with Gasteiger partial charge in [-0.15, -0.1) is 0 Å². The number of rotatable bonds is 5. The SMILES string of the molecule is COC(=O)c1cc([N+](=O)[O-])cc([N+](=O)[O-])c1Nc1ccc(C)c(C)c1. The second kappa shape index (κ2) is 6.95. The van der Waals surface area contributed by atoms with Gasteiger partial charge < -0.3 is 10.1 Å². The van der Waals surface area contributed by atoms with Crippen molar-refractivity contribution in [1.82, 2.24) is 0 Å². The van der Waals surface area contributed by atoms with Crippen molar-refractivity contribution in [3.63, 3.8) is 0 Å². The lowest BCUT2D eigenvalue weighted by Crippen LogP contribution is -2.09. The van der Waals surface area contributed by atoms with Crippen LogP contribution in [0.1, 0.15) is 21.5 Å². The number of non-ortho nitro benzene ring substituents is 1. The molecule has 2 aromatic rings. The number of hydrogen-bond donors (Lipinski definition) is 1. The minimum atomic E-state index is -0.918. The second-order valence-corrected chi connectivity index (χ2v) is 5.32. The van der Waals surface area contributed by atoms with Crippen molar-refractivity contribution in [2.45, 2.75) is 13.8 Å². The highest BCUT2D eigenvalue weighted by atomic mass is 16.6. The quantitative estimate of drug-likeness (QED) is 0.498. The van der Waals surface area contributed by atoms with Crippen LogP contribution in [0.5, 0.6) is 0 Å². The highest BCUT2D eigenvalue weighted by Gasteiger charge is 2.28. The van der Waals surface area contributed by atoms with E-state index in [0.717, 1.165) is 30.4 Å². The van der Waals surface area contributed by atoms with Crippen LogP contribution < -0.4 is 5.32 Å². The van der Waals surface area contributed by atoms with Crippen LogP contribution in [0.3, 0.4) is 0 Å². The smallest absolute Gasteiger partial charge is 0.340 e. The highest BCUT2D eigenvalue weighted by Crippen LogP contribution is 2.36. The maximum atomic E-state index is 12.0. The molecule has 0 fully saturated rings. The van der Waals surface area contributed by atoms with E-state index in [-0.39, 0.29) is 11.3 Å². The number of aryl methyl sites for hydroxylation is 2. The van der Waals surface area contributed by atoms with Crippen LogP contribution in [0.15, 0.2) is 30.3 Å². The van der Waals surface area contributed by atoms with Gasteiger partial charge >= 0.3 is 5.97 Å². The normalized spacial score (nSPS) is 10.2. The van der Waals surface area contributed by atoms with Gasteiger partial charge in [-0.25, -0.2) is 4.79 Å². The average molecular weight is 345 g/mol. The second-order valence-electron chi connectivity index (χ2n) is 5.32. The van der Waals surface area contributed by atoms with E-state index in [4.69, 9.17) is 0 Å². The lowest BCUT2D eigenvalue weighted by atomic mass is 10.1. The van der Waals surface area contributed by atoms with Crippen LogP contribution in [0.4, 0.5) is 22.7 Å². The summed E-state index contributed by atoms with van der Waals surface area (Å²) >= 11 is 0. The van der Waals surface area contributed by atoms with Crippen molar-refractivity contribution in [2.24, 2.45) is 0 Å². The third kappa shape index (κ3) is 3.71. The van der Waals surface area contributed by atoms with Crippen LogP contribution in [0, 0.1) is 34.1 Å². The molecule has 0 radical (unpaired) electrons. The fraction of sp³-hybridized carbons (Fsp3) is 0.188. The van der Waals surface area contributed by atoms with Gasteiger partial charge in [-0.3, -0.25) is 20.2 Å². The molecule has 0 atom stereocenters. The fourth-order valence-electron chi connectivity index (χ4n) is 2.23. The van der Waals surface area contributed by atoms with Crippen molar-refractivity contribution < 1.29 is 19.4 Å². The summed E-state index contributed by atoms with van der Waals surface area (Å²) < 4.78 is 4.60. The van der Waals surface area contributed by atoms with Gasteiger partial charge in [0.05, 0.1) is 28.6 Å². The zero-order valence-electron chi connectivity index (χ0n) is 13.7. The molecule has 1 N–H and O–H groups in total. The minimum Gasteiger partial charge on any atom is -0.465 e. The Bertz CT molecular complexity index is 878. The number of esters is 1. The number of benzene rings is 2. The summed E-state index contributed by atoms with van der Waals surface area (Å²) in [6.07, 6.45) is 0. The van der Waals surface area contributed by atoms with E-state index in [2.05, 4.69) is 10.1 Å². The van der Waals surface area contributed by atoms with Gasteiger partial charge in [-0.2, -0.15) is 0 Å². The molecule has 0 heterocycles. The van der Waals surface area contributed by atoms with Gasteiger partial charge in [-0.1, -0.05) is 6.07 Å². The first-order valence-corrected chi connectivity index (χ1v) is 7.14. The summed E-state index contributed by atoms with van der Waals surface area (Å²) in [7, 11) is 1.09. The number of nitrogens with one attached hydrogen (secondary N) is 1. The summed E-state index contributed by atoms with van der Waals surface area (Å²) in [5.41, 5.74) is 0.856. The third-order valence-electron chi connectivity index (χ3n) is 3.69. The van der Waals surface area contributed by atoms with E-state index in [1.165, 1.54) is 0 Å². The van der Waals surface area contributed by atoms with E-state index in [0.29, 0.717) is 5.69 Å². The minimum absolute atomic E-state index is 0.161. The molecule has 0 unspecified atom stereocenters. The lowest BCUT2D eigenvalue weighted by molar-refractivity contribution is -0.393. The molecule has 0 spiro atoms. The third-order valence-corrected chi connectivity index (χ3v) is 3.69. The summed E-state index contributed by atoms with van der Waals surface area (Å²) in [4.78, 5) is 32.8. The first-order valence-electron chi connectivity index (χ1n) is 7.14. The Morgan fingerprint density at radius 1 is 1.04 bits per heavy atom. The number of anilines is 2. The molecule has 0 aromatic heterocycles. The molecule has 9 nitrogen and oxygen atoms in total. The number of nitro benzene ring substituents is 2. The van der Waals surface area contributed by atoms with Crippen molar-refractivity contribution in [2.75, 3.05) is 12.4 Å². The van der Waals surface area contributed by atoms with Gasteiger partial charge in [0.15, 0.2) is 0 Å². The molecule has 0 aliphatic rings. The summed E-state index contributed by atoms with van der Waals surface area (Å²) in [5, 5.41) is 25.2. The van der Waals surface area contributed by atoms with Crippen LogP contribution in [0.2, 0.25) is 0 Å². The van der Waals surface area contributed by atoms with Crippen LogP contribution >= 0.6 is 0 Å². The Kier molecular flexibility index (Phi) is 4.97. The number of carbonyl (C=O) groups excluding carboxylic acids is 1. The molecular weight excluding hydrogens is 330 g/mol. The fourth-order valence-corrected chi connectivity index (χ4v) is 2.23. The Morgan fingerprint density at radius 2 is 1.72 bits per heavy atom. The maximum absolute atomic E-state index is 12.0. The largest absolute Gasteiger partial charge is 0.465 e. The molecular formula is C16H15N3O6. The molecule has 25 heavy (non-hydrogen) atoms. The number of ether oxygens (including phenoxy) is 1. The molecule has 0 saturated heterocycles. The Morgan fingerprint density at radius 3 is 2.24 bits per heavy atom. The van der Waals surface area contributed by atoms with Gasteiger partial charge in [0.25, 0.3) is 11.4 Å². The zero-order chi connectivity index (χ0) is 18.7. The zero-order valence-corrected chi connectivity index (χ0v) is 13.7. The monoisotopic (exact) mass is 345 g/mol. The van der Waals surface area contributed by atoms with Gasteiger partial charge in [0.1, 0.15) is 5.69 Å². The maximum Gasteiger partial charge on any atom is 0.340 e. The summed E-state index contributed by atoms with van der Waals surface area (Å²) in [6, 6.07) is 7.00. The van der Waals surface area contributed by atoms with E-state index in [1.807, 2.05) is 19.9 Å². The first kappa shape index (κ1) is 17.9. The predicted molar refractivity (Wildman–Crippen MR) is 90.3 cm³/mol. The Balaban J connectivity index is 2.67. The molecule has 0 bridgehead atoms. The van der Waals surface area contributed by atoms with Crippen LogP contribution in [0.25, 0.3) is 0 Å². The van der Waals surface area contributed by atoms with Crippen LogP contribution in [-0.2, 0) is 4.74 Å². The number of carbonyl (C=O) groups is 1. The van der Waals surface area contributed by atoms with E-state index < -0.39 is 27.2 Å². The van der Waals surface area contributed by atoms with Crippen molar-refractivity contribution in [1.29, 1.82) is 0 Å². The predicted octanol–water partition coefficient (Wildman–Crippen LogP) is 3.65. The van der Waals surface area contributed by atoms with Crippen molar-refractivity contribution >= 4 is 28.7 Å². The van der Waals surface area contributed by atoms with E-state index in [9.17, 15) is 25.0 Å². The van der Waals surface area contributed by atoms with E-state index in [1.54, 1.807) is 12.1 Å². The molecule has 2 rings (SSSR count). The Hall–Kier alpha value is -3.49. The number of nitrogens with zero attached hydrogens (tertiary/aromatic N) is 2. The standard InChI is InChI=1S/C16H15N3O6/c1-9-4-5-11(6-10(9)2)17-15-13(16(20)25-3)7-12(18(21)22)8-14(15)19(23)24/h4-8,17H,1-3H3. The van der Waals surface area contributed by atoms with Crippen LogP contribution in [-0.4, -0.2) is 22.9 Å². The number of nitro groups is 2.